The van der Waals surface area contributed by atoms with Crippen LogP contribution in [0, 0.1) is 17.8 Å². The summed E-state index contributed by atoms with van der Waals surface area (Å²) in [5, 5.41) is 37.1. The summed E-state index contributed by atoms with van der Waals surface area (Å²) >= 11 is 0. The molecule has 0 spiro atoms. The Hall–Kier alpha value is -2.65. The molecule has 3 N–H and O–H groups in total. The maximum absolute atomic E-state index is 15.0. The number of cyclic esters (lactones) is 1. The number of fused-ring (bicyclic) bond motifs is 2. The fraction of sp³-hybridized carbons (Fsp3) is 0.820. The Bertz CT molecular complexity index is 1800. The van der Waals surface area contributed by atoms with Crippen LogP contribution >= 0.6 is 0 Å². The number of Topliss-reactive ketones (excluding diaryl/α,β-unsaturated/α-hetero) is 1. The molecule has 0 aliphatic carbocycles. The van der Waals surface area contributed by atoms with E-state index in [9.17, 15) is 24.9 Å². The number of methoxy groups -OCH3 is 1. The lowest BCUT2D eigenvalue weighted by Gasteiger charge is -2.56. The predicted octanol–water partition coefficient (Wildman–Crippen LogP) is 4.03. The van der Waals surface area contributed by atoms with Gasteiger partial charge in [-0.2, -0.15) is 0 Å². The van der Waals surface area contributed by atoms with Gasteiger partial charge in [-0.05, 0) is 100 Å². The van der Waals surface area contributed by atoms with Crippen LogP contribution in [0.3, 0.4) is 0 Å². The van der Waals surface area contributed by atoms with E-state index in [-0.39, 0.29) is 51.2 Å². The molecule has 0 amide bonds. The van der Waals surface area contributed by atoms with Gasteiger partial charge in [-0.1, -0.05) is 51.1 Å². The van der Waals surface area contributed by atoms with E-state index >= 15 is 4.79 Å². The van der Waals surface area contributed by atoms with Crippen LogP contribution in [0.1, 0.15) is 107 Å². The van der Waals surface area contributed by atoms with Crippen molar-refractivity contribution in [3.8, 4) is 0 Å². The number of carbonyl (C=O) groups is 3. The fourth-order valence-corrected chi connectivity index (χ4v) is 11.0. The van der Waals surface area contributed by atoms with Crippen molar-refractivity contribution >= 4 is 17.7 Å². The average molecular weight is 951 g/mol. The summed E-state index contributed by atoms with van der Waals surface area (Å²) in [6, 6.07) is 8.67. The maximum atomic E-state index is 15.0. The van der Waals surface area contributed by atoms with Gasteiger partial charge >= 0.3 is 11.9 Å². The first kappa shape index (κ1) is 55.3. The van der Waals surface area contributed by atoms with E-state index in [2.05, 4.69) is 0 Å². The number of benzene rings is 1. The van der Waals surface area contributed by atoms with Crippen molar-refractivity contribution < 1.29 is 72.3 Å². The van der Waals surface area contributed by atoms with E-state index < -0.39 is 119 Å². The first-order chi connectivity index (χ1) is 31.2. The van der Waals surface area contributed by atoms with E-state index in [1.54, 1.807) is 48.5 Å². The van der Waals surface area contributed by atoms with Gasteiger partial charge in [0, 0.05) is 39.0 Å². The summed E-state index contributed by atoms with van der Waals surface area (Å²) in [5.74, 6) is -4.43. The second-order valence-electron chi connectivity index (χ2n) is 20.9. The van der Waals surface area contributed by atoms with E-state index in [0.717, 1.165) is 5.56 Å². The highest BCUT2D eigenvalue weighted by Crippen LogP contribution is 2.45. The van der Waals surface area contributed by atoms with Gasteiger partial charge in [0.1, 0.15) is 36.1 Å². The number of aliphatic hydroxyl groups excluding tert-OH is 1. The Morgan fingerprint density at radius 1 is 0.955 bits per heavy atom. The average Bonchev–Trinajstić information content (AvgIpc) is 3.26. The fourth-order valence-electron chi connectivity index (χ4n) is 11.0. The summed E-state index contributed by atoms with van der Waals surface area (Å²) in [7, 11) is 7.10. The number of ketones is 1. The molecule has 1 aromatic carbocycles. The van der Waals surface area contributed by atoms with Crippen molar-refractivity contribution in [2.45, 2.75) is 204 Å². The molecular weight excluding hydrogens is 869 g/mol. The van der Waals surface area contributed by atoms with Crippen LogP contribution in [-0.4, -0.2) is 180 Å². The number of carbonyl (C=O) groups excluding carboxylic acids is 3. The molecule has 67 heavy (non-hydrogen) atoms. The standard InChI is InChI=1S/C50H82N2O15/c1-16-38-49(11,58)44-32(6)52(14)27-50(67-44,37(54)26-60-25-35-20-18-17-19-21-35)28(2)23-47(9,57)43(66-46-41(63-34(8)53)36(51(12)13)22-29(3)61-46)30(4)40(31(5)45(56)64-38)65-39-24-48(10,59-15)42(55)33(7)62-39/h17-21,28-33,36,38-44,46,55,57-58H,16,22-27H2,1-15H3/t28-,29-,30+,31-,32-,33+,36+,38-,39+,40+,41-,42+,43-,44-,46+,47-,48-,49-,50?/m1/s1. The monoisotopic (exact) mass is 951 g/mol. The van der Waals surface area contributed by atoms with Gasteiger partial charge < -0.3 is 62.9 Å². The van der Waals surface area contributed by atoms with Crippen LogP contribution in [0.2, 0.25) is 0 Å². The second kappa shape index (κ2) is 22.2. The number of hydrogen-bond acceptors (Lipinski definition) is 17. The number of likely N-dealkylation sites (N-methyl/N-ethyl adjacent to an activating group) is 2. The largest absolute Gasteiger partial charge is 0.459 e. The third-order valence-electron chi connectivity index (χ3n) is 15.2. The number of ether oxygens (including phenoxy) is 9. The molecule has 17 heteroatoms. The van der Waals surface area contributed by atoms with Gasteiger partial charge in [-0.3, -0.25) is 19.3 Å². The molecule has 4 heterocycles. The number of rotatable bonds is 13. The van der Waals surface area contributed by atoms with Crippen LogP contribution in [-0.2, 0) is 63.6 Å². The summed E-state index contributed by atoms with van der Waals surface area (Å²) in [5.41, 5.74) is -5.60. The van der Waals surface area contributed by atoms with Gasteiger partial charge in [-0.15, -0.1) is 0 Å². The SMILES string of the molecule is CC[C@H]1OC(=O)[C@H](C)[C@@H](O[C@H]2C[C@@](C)(OC)[C@@H](O)[C@H](C)O2)[C@H](C)[C@@H](O[C@@H]2O[C@H](C)C[C@H](N(C)C)[C@H]2OC(C)=O)[C@](C)(O)C[C@@H](C)C2(C(=O)COCc3ccccc3)CN(C)[C@H](C)[C@@H](O2)[C@]1(C)O. The summed E-state index contributed by atoms with van der Waals surface area (Å²) in [6.45, 7) is 18.7. The topological polar surface area (TPSA) is 201 Å². The Morgan fingerprint density at radius 3 is 2.21 bits per heavy atom. The van der Waals surface area contributed by atoms with Crippen LogP contribution in [0.25, 0.3) is 0 Å². The Morgan fingerprint density at radius 2 is 1.61 bits per heavy atom. The summed E-state index contributed by atoms with van der Waals surface area (Å²) in [6.07, 6.45) is -9.18. The zero-order chi connectivity index (χ0) is 50.0. The van der Waals surface area contributed by atoms with Gasteiger partial charge in [0.15, 0.2) is 24.5 Å². The van der Waals surface area contributed by atoms with Crippen molar-refractivity contribution in [3.05, 3.63) is 35.9 Å². The van der Waals surface area contributed by atoms with E-state index in [1.807, 2.05) is 82.0 Å². The van der Waals surface area contributed by atoms with Crippen LogP contribution in [0.15, 0.2) is 30.3 Å². The first-order valence-electron chi connectivity index (χ1n) is 24.1. The van der Waals surface area contributed by atoms with Crippen molar-refractivity contribution in [1.82, 2.24) is 9.80 Å². The Kier molecular flexibility index (Phi) is 18.3. The number of hydrogen-bond donors (Lipinski definition) is 3. The van der Waals surface area contributed by atoms with Crippen molar-refractivity contribution in [1.29, 1.82) is 0 Å². The molecule has 2 bridgehead atoms. The molecule has 1 aromatic rings. The zero-order valence-corrected chi connectivity index (χ0v) is 42.6. The minimum Gasteiger partial charge on any atom is -0.459 e. The molecule has 0 saturated carbocycles. The lowest BCUT2D eigenvalue weighted by atomic mass is 9.71. The number of esters is 2. The molecule has 17 nitrogen and oxygen atoms in total. The molecule has 5 rings (SSSR count). The number of aliphatic hydroxyl groups is 3. The third kappa shape index (κ3) is 12.1. The van der Waals surface area contributed by atoms with Crippen LogP contribution in [0.5, 0.6) is 0 Å². The molecule has 0 aromatic heterocycles. The van der Waals surface area contributed by atoms with Gasteiger partial charge in [0.25, 0.3) is 0 Å². The summed E-state index contributed by atoms with van der Waals surface area (Å²) in [4.78, 5) is 46.4. The van der Waals surface area contributed by atoms with Crippen molar-refractivity contribution in [2.75, 3.05) is 41.4 Å². The lowest BCUT2D eigenvalue weighted by molar-refractivity contribution is -0.321. The van der Waals surface area contributed by atoms with Gasteiger partial charge in [-0.25, -0.2) is 0 Å². The van der Waals surface area contributed by atoms with Gasteiger partial charge in [0.2, 0.25) is 0 Å². The van der Waals surface area contributed by atoms with Crippen molar-refractivity contribution in [3.63, 3.8) is 0 Å². The normalized spacial score (nSPS) is 43.8. The molecule has 4 aliphatic heterocycles. The second-order valence-corrected chi connectivity index (χ2v) is 20.9. The molecule has 0 radical (unpaired) electrons. The number of nitrogens with zero attached hydrogens (tertiary/aromatic N) is 2. The van der Waals surface area contributed by atoms with E-state index in [0.29, 0.717) is 6.42 Å². The zero-order valence-electron chi connectivity index (χ0n) is 42.6. The molecule has 4 fully saturated rings. The predicted molar refractivity (Wildman–Crippen MR) is 246 cm³/mol. The third-order valence-corrected chi connectivity index (χ3v) is 15.2. The van der Waals surface area contributed by atoms with E-state index in [1.165, 1.54) is 14.0 Å². The maximum Gasteiger partial charge on any atom is 0.311 e. The molecule has 4 aliphatic rings. The first-order valence-corrected chi connectivity index (χ1v) is 24.1. The summed E-state index contributed by atoms with van der Waals surface area (Å²) < 4.78 is 57.9. The number of morpholine rings is 1. The Balaban J connectivity index is 1.68. The van der Waals surface area contributed by atoms with Crippen LogP contribution in [0.4, 0.5) is 0 Å². The highest BCUT2D eigenvalue weighted by Gasteiger charge is 2.60. The molecule has 19 atom stereocenters. The molecule has 4 saturated heterocycles. The van der Waals surface area contributed by atoms with Gasteiger partial charge in [0.05, 0.1) is 54.2 Å². The van der Waals surface area contributed by atoms with E-state index in [4.69, 9.17) is 42.6 Å². The van der Waals surface area contributed by atoms with Crippen LogP contribution < -0.4 is 0 Å². The van der Waals surface area contributed by atoms with Crippen molar-refractivity contribution in [2.24, 2.45) is 17.8 Å². The molecular formula is C50H82N2O15. The minimum absolute atomic E-state index is 0.0783. The Labute approximate surface area is 398 Å². The molecule has 1 unspecified atom stereocenters. The smallest absolute Gasteiger partial charge is 0.311 e. The molecule has 382 valence electrons. The highest BCUT2D eigenvalue weighted by molar-refractivity contribution is 5.89. The quantitative estimate of drug-likeness (QED) is 0.239. The highest BCUT2D eigenvalue weighted by atomic mass is 16.7. The lowest BCUT2D eigenvalue weighted by Crippen LogP contribution is -2.72. The minimum atomic E-state index is -1.88.